The minimum absolute atomic E-state index is 0.968. The lowest BCUT2D eigenvalue weighted by Gasteiger charge is -2.08. The fourth-order valence-corrected chi connectivity index (χ4v) is 7.59. The average Bonchev–Trinajstić information content (AvgIpc) is 3.75. The van der Waals surface area contributed by atoms with Crippen molar-refractivity contribution in [2.75, 3.05) is 0 Å². The van der Waals surface area contributed by atoms with Gasteiger partial charge in [0.05, 0.1) is 32.6 Å². The van der Waals surface area contributed by atoms with Gasteiger partial charge < -0.3 is 4.57 Å². The van der Waals surface area contributed by atoms with Gasteiger partial charge in [0.2, 0.25) is 0 Å². The lowest BCUT2D eigenvalue weighted by atomic mass is 10.1. The molecule has 0 saturated carbocycles. The van der Waals surface area contributed by atoms with E-state index >= 15 is 0 Å². The number of para-hydroxylation sites is 3. The van der Waals surface area contributed by atoms with Crippen LogP contribution in [0.2, 0.25) is 0 Å². The topological polar surface area (TPSA) is 22.8 Å². The second-order valence-corrected chi connectivity index (χ2v) is 11.8. The summed E-state index contributed by atoms with van der Waals surface area (Å²) >= 11 is 1.75. The van der Waals surface area contributed by atoms with Crippen molar-refractivity contribution in [2.24, 2.45) is 0 Å². The zero-order chi connectivity index (χ0) is 28.3. The van der Waals surface area contributed by atoms with E-state index in [9.17, 15) is 0 Å². The summed E-state index contributed by atoms with van der Waals surface area (Å²) in [6.45, 7) is 0. The molecule has 43 heavy (non-hydrogen) atoms. The second kappa shape index (κ2) is 9.55. The molecule has 9 aromatic rings. The van der Waals surface area contributed by atoms with Gasteiger partial charge >= 0.3 is 0 Å². The normalized spacial score (nSPS) is 11.7. The molecule has 3 heterocycles. The Kier molecular flexibility index (Phi) is 5.37. The number of benzene rings is 6. The van der Waals surface area contributed by atoms with E-state index in [-0.39, 0.29) is 0 Å². The first kappa shape index (κ1) is 24.2. The van der Waals surface area contributed by atoms with Crippen molar-refractivity contribution in [3.05, 3.63) is 152 Å². The molecule has 3 nitrogen and oxygen atoms in total. The highest BCUT2D eigenvalue weighted by Gasteiger charge is 2.22. The Bertz CT molecular complexity index is 2380. The number of hydrogen-bond acceptors (Lipinski definition) is 2. The molecule has 0 fully saturated rings. The molecule has 0 saturated heterocycles. The molecule has 0 aliphatic rings. The lowest BCUT2D eigenvalue weighted by Crippen LogP contribution is -1.94. The molecule has 0 spiro atoms. The molecule has 0 aliphatic carbocycles. The Hall–Kier alpha value is -5.45. The first-order valence-electron chi connectivity index (χ1n) is 14.5. The molecular weight excluding hydrogens is 543 g/mol. The van der Waals surface area contributed by atoms with E-state index in [1.165, 1.54) is 43.0 Å². The van der Waals surface area contributed by atoms with E-state index in [0.29, 0.717) is 0 Å². The maximum absolute atomic E-state index is 5.37. The van der Waals surface area contributed by atoms with Gasteiger partial charge in [-0.1, -0.05) is 127 Å². The van der Waals surface area contributed by atoms with Gasteiger partial charge in [-0.3, -0.25) is 4.57 Å². The molecule has 0 aliphatic heterocycles. The van der Waals surface area contributed by atoms with Crippen molar-refractivity contribution in [3.8, 4) is 32.5 Å². The van der Waals surface area contributed by atoms with Crippen LogP contribution in [0.1, 0.15) is 0 Å². The summed E-state index contributed by atoms with van der Waals surface area (Å²) in [7, 11) is 0. The third kappa shape index (κ3) is 3.70. The quantitative estimate of drug-likeness (QED) is 0.207. The van der Waals surface area contributed by atoms with Crippen molar-refractivity contribution in [2.45, 2.75) is 0 Å². The molecule has 9 rings (SSSR count). The summed E-state index contributed by atoms with van der Waals surface area (Å²) in [6.07, 6.45) is 0. The Labute approximate surface area is 252 Å². The summed E-state index contributed by atoms with van der Waals surface area (Å²) < 4.78 is 4.75. The van der Waals surface area contributed by atoms with Gasteiger partial charge in [-0.2, -0.15) is 0 Å². The van der Waals surface area contributed by atoms with Crippen LogP contribution < -0.4 is 0 Å². The standard InChI is InChI=1S/C39H25N3S/c1-4-14-26(15-5-1)37-38(27-16-6-2-7-17-27)43-39(40-37)42-34-23-13-11-21-30(34)32-24-35-31(25-36(32)42)29-20-10-12-22-33(29)41(35)28-18-8-3-9-19-28/h1-25H. The maximum Gasteiger partial charge on any atom is 0.195 e. The van der Waals surface area contributed by atoms with Crippen LogP contribution in [0.15, 0.2) is 152 Å². The summed E-state index contributed by atoms with van der Waals surface area (Å²) in [4.78, 5) is 6.55. The Morgan fingerprint density at radius 2 is 0.907 bits per heavy atom. The van der Waals surface area contributed by atoms with Gasteiger partial charge in [-0.15, -0.1) is 0 Å². The summed E-state index contributed by atoms with van der Waals surface area (Å²) in [5, 5.41) is 5.89. The van der Waals surface area contributed by atoms with Crippen molar-refractivity contribution in [1.29, 1.82) is 0 Å². The molecule has 0 bridgehead atoms. The molecular formula is C39H25N3S. The minimum atomic E-state index is 0.968. The molecule has 0 atom stereocenters. The van der Waals surface area contributed by atoms with Gasteiger partial charge in [-0.05, 0) is 42.0 Å². The van der Waals surface area contributed by atoms with Crippen LogP contribution in [0, 0.1) is 0 Å². The number of nitrogens with zero attached hydrogens (tertiary/aromatic N) is 3. The average molecular weight is 568 g/mol. The Balaban J connectivity index is 1.39. The number of aromatic nitrogens is 3. The highest BCUT2D eigenvalue weighted by molar-refractivity contribution is 7.18. The highest BCUT2D eigenvalue weighted by Crippen LogP contribution is 2.43. The summed E-state index contributed by atoms with van der Waals surface area (Å²) in [6, 6.07) is 54.0. The molecule has 202 valence electrons. The van der Waals surface area contributed by atoms with E-state index in [1.807, 2.05) is 0 Å². The van der Waals surface area contributed by atoms with E-state index in [0.717, 1.165) is 33.1 Å². The van der Waals surface area contributed by atoms with Gasteiger partial charge in [0.1, 0.15) is 0 Å². The van der Waals surface area contributed by atoms with E-state index < -0.39 is 0 Å². The smallest absolute Gasteiger partial charge is 0.195 e. The third-order valence-electron chi connectivity index (χ3n) is 8.37. The van der Waals surface area contributed by atoms with Crippen molar-refractivity contribution in [3.63, 3.8) is 0 Å². The molecule has 0 amide bonds. The van der Waals surface area contributed by atoms with Crippen LogP contribution in [0.5, 0.6) is 0 Å². The number of thiazole rings is 1. The Morgan fingerprint density at radius 3 is 1.53 bits per heavy atom. The van der Waals surface area contributed by atoms with Crippen LogP contribution in [-0.4, -0.2) is 14.1 Å². The van der Waals surface area contributed by atoms with Crippen LogP contribution in [0.25, 0.3) is 76.1 Å². The largest absolute Gasteiger partial charge is 0.309 e. The SMILES string of the molecule is c1ccc(-c2nc(-n3c4ccccc4c4cc5c(cc43)c3ccccc3n5-c3ccccc3)sc2-c2ccccc2)cc1. The highest BCUT2D eigenvalue weighted by atomic mass is 32.1. The molecule has 0 radical (unpaired) electrons. The van der Waals surface area contributed by atoms with Crippen molar-refractivity contribution < 1.29 is 0 Å². The van der Waals surface area contributed by atoms with Gasteiger partial charge in [0, 0.05) is 32.8 Å². The zero-order valence-electron chi connectivity index (χ0n) is 23.2. The third-order valence-corrected chi connectivity index (χ3v) is 9.46. The first-order chi connectivity index (χ1) is 21.3. The minimum Gasteiger partial charge on any atom is -0.309 e. The van der Waals surface area contributed by atoms with Crippen molar-refractivity contribution >= 4 is 54.9 Å². The predicted molar refractivity (Wildman–Crippen MR) is 182 cm³/mol. The fraction of sp³-hybridized carbons (Fsp3) is 0. The zero-order valence-corrected chi connectivity index (χ0v) is 24.0. The van der Waals surface area contributed by atoms with E-state index in [2.05, 4.69) is 161 Å². The monoisotopic (exact) mass is 567 g/mol. The summed E-state index contributed by atoms with van der Waals surface area (Å²) in [5.41, 5.74) is 9.22. The molecule has 6 aromatic carbocycles. The lowest BCUT2D eigenvalue weighted by molar-refractivity contribution is 1.14. The summed E-state index contributed by atoms with van der Waals surface area (Å²) in [5.74, 6) is 0. The molecule has 3 aromatic heterocycles. The molecule has 0 unspecified atom stereocenters. The van der Waals surface area contributed by atoms with Gasteiger partial charge in [0.25, 0.3) is 0 Å². The van der Waals surface area contributed by atoms with Gasteiger partial charge in [0.15, 0.2) is 5.13 Å². The number of rotatable bonds is 4. The van der Waals surface area contributed by atoms with Gasteiger partial charge in [-0.25, -0.2) is 4.98 Å². The van der Waals surface area contributed by atoms with Crippen LogP contribution >= 0.6 is 11.3 Å². The number of hydrogen-bond donors (Lipinski definition) is 0. The van der Waals surface area contributed by atoms with E-state index in [4.69, 9.17) is 4.98 Å². The first-order valence-corrected chi connectivity index (χ1v) is 15.3. The van der Waals surface area contributed by atoms with Crippen LogP contribution in [0.4, 0.5) is 0 Å². The molecule has 4 heteroatoms. The van der Waals surface area contributed by atoms with Crippen LogP contribution in [-0.2, 0) is 0 Å². The predicted octanol–water partition coefficient (Wildman–Crippen LogP) is 10.7. The molecule has 0 N–H and O–H groups in total. The maximum atomic E-state index is 5.37. The number of fused-ring (bicyclic) bond motifs is 6. The fourth-order valence-electron chi connectivity index (χ4n) is 6.47. The van der Waals surface area contributed by atoms with E-state index in [1.54, 1.807) is 11.3 Å². The second-order valence-electron chi connectivity index (χ2n) is 10.8. The van der Waals surface area contributed by atoms with Crippen molar-refractivity contribution in [1.82, 2.24) is 14.1 Å². The Morgan fingerprint density at radius 1 is 0.419 bits per heavy atom. The van der Waals surface area contributed by atoms with Crippen LogP contribution in [0.3, 0.4) is 0 Å².